The smallest absolute Gasteiger partial charge is 0.254 e. The van der Waals surface area contributed by atoms with Crippen LogP contribution in [0.4, 0.5) is 0 Å². The van der Waals surface area contributed by atoms with Gasteiger partial charge >= 0.3 is 0 Å². The maximum atomic E-state index is 12.9. The van der Waals surface area contributed by atoms with E-state index in [1.165, 1.54) is 18.5 Å². The molecule has 0 saturated carbocycles. The van der Waals surface area contributed by atoms with Crippen LogP contribution in [0.25, 0.3) is 0 Å². The molecular weight excluding hydrogens is 505 g/mol. The van der Waals surface area contributed by atoms with Gasteiger partial charge in [0.2, 0.25) is 5.96 Å². The average molecular weight is 536 g/mol. The number of halogens is 2. The second-order valence-electron chi connectivity index (χ2n) is 8.55. The fourth-order valence-corrected chi connectivity index (χ4v) is 4.70. The molecule has 1 heterocycles. The lowest BCUT2D eigenvalue weighted by molar-refractivity contribution is 0.0919. The number of aliphatic imine (C=N–C) groups is 2. The van der Waals surface area contributed by atoms with Gasteiger partial charge in [0.05, 0.1) is 47.2 Å². The summed E-state index contributed by atoms with van der Waals surface area (Å²) < 4.78 is 0. The molecule has 36 heavy (non-hydrogen) atoms. The van der Waals surface area contributed by atoms with E-state index < -0.39 is 18.1 Å². The molecule has 2 atom stereocenters. The summed E-state index contributed by atoms with van der Waals surface area (Å²) in [4.78, 5) is 23.4. The van der Waals surface area contributed by atoms with Crippen LogP contribution in [0.3, 0.4) is 0 Å². The van der Waals surface area contributed by atoms with E-state index in [9.17, 15) is 20.1 Å². The fourth-order valence-electron chi connectivity index (χ4n) is 3.99. The van der Waals surface area contributed by atoms with E-state index in [1.807, 2.05) is 4.90 Å². The number of phenolic OH excluding ortho intramolecular Hbond substituents is 1. The molecule has 0 aliphatic carbocycles. The molecule has 2 aromatic carbocycles. The van der Waals surface area contributed by atoms with Crippen molar-refractivity contribution in [1.82, 2.24) is 10.2 Å². The standard InChI is InChI=1S/C25H31Cl2N5O4/c26-20-10-16(6-7-22(35)17-4-3-5-19(34)12-17)11-21(27)23(20)24(36)31-18(14-33)13-29-25(30-15-28)32-8-1-2-9-32/h3-5,10-12,15,18,22,33-35H,1-2,6-9,13-14H2,(H,31,36)(H2,28,29,30)/t18-,22?/m0/s1. The van der Waals surface area contributed by atoms with Crippen LogP contribution in [-0.2, 0) is 6.42 Å². The summed E-state index contributed by atoms with van der Waals surface area (Å²) in [6.07, 6.45) is 3.30. The minimum absolute atomic E-state index is 0.0826. The molecule has 1 unspecified atom stereocenters. The van der Waals surface area contributed by atoms with Crippen LogP contribution in [0.5, 0.6) is 5.75 Å². The van der Waals surface area contributed by atoms with Gasteiger partial charge in [0.1, 0.15) is 5.75 Å². The molecule has 1 fully saturated rings. The Morgan fingerprint density at radius 1 is 1.19 bits per heavy atom. The van der Waals surface area contributed by atoms with Gasteiger partial charge in [-0.25, -0.2) is 9.98 Å². The summed E-state index contributed by atoms with van der Waals surface area (Å²) in [7, 11) is 0. The Bertz CT molecular complexity index is 1080. The molecule has 11 heteroatoms. The van der Waals surface area contributed by atoms with Gasteiger partial charge in [-0.15, -0.1) is 0 Å². The van der Waals surface area contributed by atoms with Crippen LogP contribution >= 0.6 is 23.2 Å². The minimum atomic E-state index is -0.780. The number of phenols is 1. The van der Waals surface area contributed by atoms with Crippen molar-refractivity contribution in [3.05, 3.63) is 63.1 Å². The van der Waals surface area contributed by atoms with E-state index in [0.29, 0.717) is 24.4 Å². The van der Waals surface area contributed by atoms with Gasteiger partial charge in [-0.3, -0.25) is 4.79 Å². The molecule has 1 saturated heterocycles. The third-order valence-corrected chi connectivity index (χ3v) is 6.47. The second-order valence-corrected chi connectivity index (χ2v) is 9.36. The monoisotopic (exact) mass is 535 g/mol. The van der Waals surface area contributed by atoms with Gasteiger partial charge in [-0.05, 0) is 61.1 Å². The van der Waals surface area contributed by atoms with Crippen molar-refractivity contribution in [1.29, 1.82) is 0 Å². The lowest BCUT2D eigenvalue weighted by atomic mass is 10.00. The zero-order valence-electron chi connectivity index (χ0n) is 19.8. The summed E-state index contributed by atoms with van der Waals surface area (Å²) in [6, 6.07) is 9.03. The van der Waals surface area contributed by atoms with Crippen molar-refractivity contribution < 1.29 is 20.1 Å². The topological polar surface area (TPSA) is 144 Å². The van der Waals surface area contributed by atoms with E-state index in [4.69, 9.17) is 28.9 Å². The average Bonchev–Trinajstić information content (AvgIpc) is 3.38. The van der Waals surface area contributed by atoms with E-state index in [-0.39, 0.29) is 34.5 Å². The number of likely N-dealkylation sites (tertiary alicyclic amines) is 1. The number of hydrogen-bond donors (Lipinski definition) is 5. The second kappa shape index (κ2) is 13.5. The maximum Gasteiger partial charge on any atom is 0.254 e. The SMILES string of the molecule is NC=NC(=NC[C@@H](CO)NC(=O)c1c(Cl)cc(CCC(O)c2cccc(O)c2)cc1Cl)N1CCCC1. The Hall–Kier alpha value is -2.85. The number of nitrogens with two attached hydrogens (primary N) is 1. The van der Waals surface area contributed by atoms with Gasteiger partial charge in [0, 0.05) is 13.1 Å². The van der Waals surface area contributed by atoms with Crippen molar-refractivity contribution in [2.75, 3.05) is 26.2 Å². The van der Waals surface area contributed by atoms with E-state index in [0.717, 1.165) is 31.5 Å². The molecule has 3 rings (SSSR count). The number of aromatic hydroxyl groups is 1. The molecule has 194 valence electrons. The Morgan fingerprint density at radius 3 is 2.50 bits per heavy atom. The molecule has 9 nitrogen and oxygen atoms in total. The number of benzene rings is 2. The lowest BCUT2D eigenvalue weighted by Gasteiger charge is -2.19. The van der Waals surface area contributed by atoms with Crippen LogP contribution in [-0.4, -0.2) is 70.7 Å². The largest absolute Gasteiger partial charge is 0.508 e. The lowest BCUT2D eigenvalue weighted by Crippen LogP contribution is -2.40. The molecule has 1 aliphatic rings. The van der Waals surface area contributed by atoms with Crippen LogP contribution < -0.4 is 11.1 Å². The van der Waals surface area contributed by atoms with E-state index >= 15 is 0 Å². The van der Waals surface area contributed by atoms with E-state index in [2.05, 4.69) is 15.3 Å². The highest BCUT2D eigenvalue weighted by molar-refractivity contribution is 6.39. The number of rotatable bonds is 9. The van der Waals surface area contributed by atoms with Gasteiger partial charge in [-0.2, -0.15) is 0 Å². The van der Waals surface area contributed by atoms with Crippen LogP contribution in [0.2, 0.25) is 10.0 Å². The first-order valence-corrected chi connectivity index (χ1v) is 12.5. The summed E-state index contributed by atoms with van der Waals surface area (Å²) in [5.74, 6) is 0.0194. The Kier molecular flexibility index (Phi) is 10.4. The molecular formula is C25H31Cl2N5O4. The first kappa shape index (κ1) is 27.7. The molecule has 1 aliphatic heterocycles. The summed E-state index contributed by atoms with van der Waals surface area (Å²) in [6.45, 7) is 1.42. The van der Waals surface area contributed by atoms with Gasteiger partial charge in [0.15, 0.2) is 0 Å². The van der Waals surface area contributed by atoms with Crippen molar-refractivity contribution in [2.24, 2.45) is 15.7 Å². The number of aryl methyl sites for hydroxylation is 1. The molecule has 2 aromatic rings. The number of nitrogens with one attached hydrogen (secondary N) is 1. The number of nitrogens with zero attached hydrogens (tertiary/aromatic N) is 3. The fraction of sp³-hybridized carbons (Fsp3) is 0.400. The number of aliphatic hydroxyl groups excluding tert-OH is 2. The molecule has 0 aromatic heterocycles. The molecule has 0 spiro atoms. The zero-order chi connectivity index (χ0) is 26.1. The van der Waals surface area contributed by atoms with Crippen LogP contribution in [0.1, 0.15) is 46.9 Å². The first-order chi connectivity index (χ1) is 17.3. The highest BCUT2D eigenvalue weighted by atomic mass is 35.5. The number of amides is 1. The zero-order valence-corrected chi connectivity index (χ0v) is 21.3. The van der Waals surface area contributed by atoms with Gasteiger partial charge in [-0.1, -0.05) is 35.3 Å². The number of aliphatic hydroxyl groups is 2. The minimum Gasteiger partial charge on any atom is -0.508 e. The highest BCUT2D eigenvalue weighted by Gasteiger charge is 2.21. The van der Waals surface area contributed by atoms with Crippen LogP contribution in [0.15, 0.2) is 46.4 Å². The summed E-state index contributed by atoms with van der Waals surface area (Å²) >= 11 is 12.8. The predicted octanol–water partition coefficient (Wildman–Crippen LogP) is 2.89. The summed E-state index contributed by atoms with van der Waals surface area (Å²) in [5, 5.41) is 32.8. The van der Waals surface area contributed by atoms with Gasteiger partial charge < -0.3 is 31.3 Å². The van der Waals surface area contributed by atoms with Crippen molar-refractivity contribution in [2.45, 2.75) is 37.8 Å². The quantitative estimate of drug-likeness (QED) is 0.246. The Labute approximate surface area is 220 Å². The van der Waals surface area contributed by atoms with Crippen molar-refractivity contribution in [3.8, 4) is 5.75 Å². The Morgan fingerprint density at radius 2 is 1.89 bits per heavy atom. The Balaban J connectivity index is 1.64. The first-order valence-electron chi connectivity index (χ1n) is 11.7. The number of guanidine groups is 1. The summed E-state index contributed by atoms with van der Waals surface area (Å²) in [5.41, 5.74) is 6.89. The highest BCUT2D eigenvalue weighted by Crippen LogP contribution is 2.29. The third-order valence-electron chi connectivity index (χ3n) is 5.88. The number of hydrogen-bond acceptors (Lipinski definition) is 5. The predicted molar refractivity (Wildman–Crippen MR) is 142 cm³/mol. The van der Waals surface area contributed by atoms with E-state index in [1.54, 1.807) is 24.3 Å². The number of carbonyl (C=O) groups is 1. The van der Waals surface area contributed by atoms with Crippen LogP contribution in [0, 0.1) is 0 Å². The third kappa shape index (κ3) is 7.57. The molecule has 1 amide bonds. The van der Waals surface area contributed by atoms with Crippen molar-refractivity contribution >= 4 is 41.4 Å². The molecule has 0 radical (unpaired) electrons. The maximum absolute atomic E-state index is 12.9. The molecule has 0 bridgehead atoms. The van der Waals surface area contributed by atoms with Crippen molar-refractivity contribution in [3.63, 3.8) is 0 Å². The normalized spacial score (nSPS) is 15.9. The van der Waals surface area contributed by atoms with Gasteiger partial charge in [0.25, 0.3) is 5.91 Å². The number of carbonyl (C=O) groups excluding carboxylic acids is 1. The molecule has 6 N–H and O–H groups in total.